The number of benzene rings is 1. The number of amides is 4. The van der Waals surface area contributed by atoms with E-state index in [-0.39, 0.29) is 24.4 Å². The number of nitrogens with one attached hydrogen (secondary N) is 2. The van der Waals surface area contributed by atoms with Crippen molar-refractivity contribution in [1.82, 2.24) is 20.4 Å². The van der Waals surface area contributed by atoms with E-state index in [1.165, 1.54) is 0 Å². The van der Waals surface area contributed by atoms with Gasteiger partial charge in [0.2, 0.25) is 5.91 Å². The molecule has 0 bridgehead atoms. The molecule has 186 valence electrons. The number of imide groups is 1. The molecule has 2 aliphatic heterocycles. The van der Waals surface area contributed by atoms with E-state index < -0.39 is 11.6 Å². The Bertz CT molecular complexity index is 876. The molecular formula is C25H36N4O5. The van der Waals surface area contributed by atoms with E-state index in [2.05, 4.69) is 22.5 Å². The van der Waals surface area contributed by atoms with Crippen LogP contribution in [-0.4, -0.2) is 79.7 Å². The Hall–Kier alpha value is -2.65. The van der Waals surface area contributed by atoms with Gasteiger partial charge in [0.15, 0.2) is 0 Å². The number of urea groups is 1. The first-order valence-electron chi connectivity index (χ1n) is 12.3. The molecule has 2 heterocycles. The van der Waals surface area contributed by atoms with Gasteiger partial charge in [0.25, 0.3) is 5.91 Å². The zero-order chi connectivity index (χ0) is 24.1. The molecule has 3 aliphatic rings. The third-order valence-corrected chi connectivity index (χ3v) is 7.56. The van der Waals surface area contributed by atoms with Crippen molar-refractivity contribution < 1.29 is 23.9 Å². The number of nitrogens with zero attached hydrogens (tertiary/aromatic N) is 2. The molecule has 3 fully saturated rings. The molecule has 2 N–H and O–H groups in total. The number of hydrogen-bond donors (Lipinski definition) is 2. The van der Waals surface area contributed by atoms with Crippen LogP contribution < -0.4 is 15.4 Å². The maximum atomic E-state index is 13.1. The van der Waals surface area contributed by atoms with Crippen molar-refractivity contribution >= 4 is 17.8 Å². The zero-order valence-corrected chi connectivity index (χ0v) is 20.2. The molecule has 1 aromatic carbocycles. The fourth-order valence-corrected chi connectivity index (χ4v) is 5.32. The SMILES string of the molecule is CCC1CCC2(CC1)NC(=O)N(CC(=O)NCC(c1ccc(OC)cc1)N1CCOCC1)C2=O. The van der Waals surface area contributed by atoms with E-state index in [1.54, 1.807) is 7.11 Å². The van der Waals surface area contributed by atoms with Gasteiger partial charge < -0.3 is 20.1 Å². The van der Waals surface area contributed by atoms with Crippen molar-refractivity contribution in [3.05, 3.63) is 29.8 Å². The second-order valence-corrected chi connectivity index (χ2v) is 9.50. The van der Waals surface area contributed by atoms with Gasteiger partial charge in [0.05, 0.1) is 26.4 Å². The molecule has 1 spiro atoms. The van der Waals surface area contributed by atoms with E-state index in [0.29, 0.717) is 38.5 Å². The summed E-state index contributed by atoms with van der Waals surface area (Å²) in [6.45, 7) is 5.08. The van der Waals surface area contributed by atoms with Crippen molar-refractivity contribution in [1.29, 1.82) is 0 Å². The first-order chi connectivity index (χ1) is 16.5. The van der Waals surface area contributed by atoms with Gasteiger partial charge >= 0.3 is 6.03 Å². The van der Waals surface area contributed by atoms with E-state index in [4.69, 9.17) is 9.47 Å². The van der Waals surface area contributed by atoms with Crippen molar-refractivity contribution in [2.75, 3.05) is 46.5 Å². The molecule has 34 heavy (non-hydrogen) atoms. The molecule has 4 rings (SSSR count). The number of carbonyl (C=O) groups is 3. The number of ether oxygens (including phenoxy) is 2. The summed E-state index contributed by atoms with van der Waals surface area (Å²) in [6.07, 6.45) is 4.22. The Morgan fingerprint density at radius 2 is 1.88 bits per heavy atom. The smallest absolute Gasteiger partial charge is 0.325 e. The Kier molecular flexibility index (Phi) is 7.73. The van der Waals surface area contributed by atoms with Gasteiger partial charge in [-0.25, -0.2) is 4.79 Å². The van der Waals surface area contributed by atoms with Crippen molar-refractivity contribution in [3.63, 3.8) is 0 Å². The molecule has 9 nitrogen and oxygen atoms in total. The average Bonchev–Trinajstić information content (AvgIpc) is 3.09. The number of carbonyl (C=O) groups excluding carboxylic acids is 3. The standard InChI is InChI=1S/C25H36N4O5/c1-3-18-8-10-25(11-9-18)23(31)29(24(32)27-25)17-22(30)26-16-21(28-12-14-34-15-13-28)19-4-6-20(33-2)7-5-19/h4-7,18,21H,3,8-17H2,1-2H3,(H,26,30)(H,27,32). The Morgan fingerprint density at radius 3 is 2.50 bits per heavy atom. The molecule has 1 saturated carbocycles. The average molecular weight is 473 g/mol. The molecule has 0 aromatic heterocycles. The predicted octanol–water partition coefficient (Wildman–Crippen LogP) is 2.08. The molecule has 1 atom stereocenters. The van der Waals surface area contributed by atoms with Crippen LogP contribution in [-0.2, 0) is 14.3 Å². The molecule has 1 aliphatic carbocycles. The quantitative estimate of drug-likeness (QED) is 0.562. The minimum Gasteiger partial charge on any atom is -0.497 e. The predicted molar refractivity (Wildman–Crippen MR) is 126 cm³/mol. The highest BCUT2D eigenvalue weighted by atomic mass is 16.5. The number of morpholine rings is 1. The lowest BCUT2D eigenvalue weighted by molar-refractivity contribution is -0.136. The molecule has 1 aromatic rings. The van der Waals surface area contributed by atoms with Crippen LogP contribution in [0.15, 0.2) is 24.3 Å². The van der Waals surface area contributed by atoms with Crippen LogP contribution >= 0.6 is 0 Å². The van der Waals surface area contributed by atoms with E-state index in [9.17, 15) is 14.4 Å². The number of methoxy groups -OCH3 is 1. The Morgan fingerprint density at radius 1 is 1.21 bits per heavy atom. The van der Waals surface area contributed by atoms with Gasteiger partial charge in [-0.15, -0.1) is 0 Å². The molecule has 2 saturated heterocycles. The maximum absolute atomic E-state index is 13.1. The van der Waals surface area contributed by atoms with Gasteiger partial charge in [0, 0.05) is 19.6 Å². The summed E-state index contributed by atoms with van der Waals surface area (Å²) in [4.78, 5) is 41.9. The Labute approximate surface area is 201 Å². The van der Waals surface area contributed by atoms with Gasteiger partial charge in [-0.2, -0.15) is 0 Å². The summed E-state index contributed by atoms with van der Waals surface area (Å²) in [7, 11) is 1.63. The fraction of sp³-hybridized carbons (Fsp3) is 0.640. The van der Waals surface area contributed by atoms with Crippen LogP contribution in [0.3, 0.4) is 0 Å². The van der Waals surface area contributed by atoms with Crippen LogP contribution in [0, 0.1) is 5.92 Å². The van der Waals surface area contributed by atoms with Crippen LogP contribution in [0.25, 0.3) is 0 Å². The first-order valence-corrected chi connectivity index (χ1v) is 12.3. The Balaban J connectivity index is 1.37. The van der Waals surface area contributed by atoms with E-state index in [1.807, 2.05) is 24.3 Å². The van der Waals surface area contributed by atoms with Gasteiger partial charge in [-0.1, -0.05) is 25.5 Å². The topological polar surface area (TPSA) is 100 Å². The molecule has 0 radical (unpaired) electrons. The lowest BCUT2D eigenvalue weighted by Crippen LogP contribution is -2.50. The highest BCUT2D eigenvalue weighted by Crippen LogP contribution is 2.37. The minimum absolute atomic E-state index is 0.0440. The van der Waals surface area contributed by atoms with Gasteiger partial charge in [-0.3, -0.25) is 19.4 Å². The van der Waals surface area contributed by atoms with Gasteiger partial charge in [-0.05, 0) is 49.3 Å². The van der Waals surface area contributed by atoms with E-state index >= 15 is 0 Å². The zero-order valence-electron chi connectivity index (χ0n) is 20.2. The fourth-order valence-electron chi connectivity index (χ4n) is 5.32. The summed E-state index contributed by atoms with van der Waals surface area (Å²) in [6, 6.07) is 7.31. The number of hydrogen-bond acceptors (Lipinski definition) is 6. The third kappa shape index (κ3) is 5.20. The minimum atomic E-state index is -0.831. The second-order valence-electron chi connectivity index (χ2n) is 9.50. The molecule has 1 unspecified atom stereocenters. The lowest BCUT2D eigenvalue weighted by Gasteiger charge is -2.35. The van der Waals surface area contributed by atoms with Crippen molar-refractivity contribution in [2.24, 2.45) is 5.92 Å². The lowest BCUT2D eigenvalue weighted by atomic mass is 9.75. The van der Waals surface area contributed by atoms with Crippen LogP contribution in [0.5, 0.6) is 5.75 Å². The third-order valence-electron chi connectivity index (χ3n) is 7.56. The summed E-state index contributed by atoms with van der Waals surface area (Å²) in [5.74, 6) is 0.772. The van der Waals surface area contributed by atoms with E-state index in [0.717, 1.165) is 48.6 Å². The highest BCUT2D eigenvalue weighted by molar-refractivity contribution is 6.09. The van der Waals surface area contributed by atoms with Crippen LogP contribution in [0.2, 0.25) is 0 Å². The summed E-state index contributed by atoms with van der Waals surface area (Å²) in [5.41, 5.74) is 0.229. The van der Waals surface area contributed by atoms with Gasteiger partial charge in [0.1, 0.15) is 17.8 Å². The van der Waals surface area contributed by atoms with Crippen LogP contribution in [0.1, 0.15) is 50.6 Å². The first kappa shape index (κ1) is 24.5. The molecule has 4 amide bonds. The van der Waals surface area contributed by atoms with Crippen molar-refractivity contribution in [3.8, 4) is 5.75 Å². The maximum Gasteiger partial charge on any atom is 0.325 e. The van der Waals surface area contributed by atoms with Crippen molar-refractivity contribution in [2.45, 2.75) is 50.6 Å². The molecular weight excluding hydrogens is 436 g/mol. The summed E-state index contributed by atoms with van der Waals surface area (Å²) < 4.78 is 10.8. The largest absolute Gasteiger partial charge is 0.497 e. The molecule has 9 heteroatoms. The number of rotatable bonds is 8. The van der Waals surface area contributed by atoms with Crippen LogP contribution in [0.4, 0.5) is 4.79 Å². The summed E-state index contributed by atoms with van der Waals surface area (Å²) in [5, 5.41) is 5.85. The monoisotopic (exact) mass is 472 g/mol. The second kappa shape index (κ2) is 10.7. The normalized spacial score (nSPS) is 26.4. The summed E-state index contributed by atoms with van der Waals surface area (Å²) >= 11 is 0. The highest BCUT2D eigenvalue weighted by Gasteiger charge is 2.52.